The zero-order valence-electron chi connectivity index (χ0n) is 16.6. The monoisotopic (exact) mass is 366 g/mol. The summed E-state index contributed by atoms with van der Waals surface area (Å²) in [5, 5.41) is 0. The molecular formula is C24H27FO2. The highest BCUT2D eigenvalue weighted by atomic mass is 19.1. The summed E-state index contributed by atoms with van der Waals surface area (Å²) in [7, 11) is 0. The van der Waals surface area contributed by atoms with Crippen LogP contribution in [-0.2, 0) is 22.4 Å². The van der Waals surface area contributed by atoms with Crippen molar-refractivity contribution in [3.8, 4) is 0 Å². The van der Waals surface area contributed by atoms with Gasteiger partial charge in [0.15, 0.2) is 11.6 Å². The maximum absolute atomic E-state index is 13.1. The Labute approximate surface area is 160 Å². The highest BCUT2D eigenvalue weighted by Gasteiger charge is 2.54. The molecule has 0 aliphatic heterocycles. The third kappa shape index (κ3) is 4.02. The van der Waals surface area contributed by atoms with Crippen LogP contribution in [0.15, 0.2) is 36.4 Å². The highest BCUT2D eigenvalue weighted by molar-refractivity contribution is 6.11. The molecule has 1 aliphatic carbocycles. The van der Waals surface area contributed by atoms with Gasteiger partial charge < -0.3 is 0 Å². The lowest BCUT2D eigenvalue weighted by atomic mass is 9.85. The Bertz CT molecular complexity index is 874. The number of carbonyl (C=O) groups excluding carboxylic acids is 2. The molecule has 1 saturated carbocycles. The molecule has 27 heavy (non-hydrogen) atoms. The molecule has 0 aromatic heterocycles. The molecule has 2 aromatic carbocycles. The summed E-state index contributed by atoms with van der Waals surface area (Å²) in [4.78, 5) is 25.8. The van der Waals surface area contributed by atoms with Crippen LogP contribution < -0.4 is 0 Å². The lowest BCUT2D eigenvalue weighted by molar-refractivity contribution is -0.133. The van der Waals surface area contributed by atoms with Gasteiger partial charge in [-0.15, -0.1) is 0 Å². The molecule has 0 N–H and O–H groups in total. The van der Waals surface area contributed by atoms with E-state index in [9.17, 15) is 14.0 Å². The molecule has 2 aromatic rings. The topological polar surface area (TPSA) is 34.1 Å². The quantitative estimate of drug-likeness (QED) is 0.626. The second-order valence-electron chi connectivity index (χ2n) is 8.20. The lowest BCUT2D eigenvalue weighted by Gasteiger charge is -2.17. The van der Waals surface area contributed by atoms with Gasteiger partial charge in [0, 0.05) is 12.8 Å². The smallest absolute Gasteiger partial charge is 0.150 e. The number of carbonyl (C=O) groups is 2. The summed E-state index contributed by atoms with van der Waals surface area (Å²) >= 11 is 0. The maximum atomic E-state index is 13.1. The van der Waals surface area contributed by atoms with Gasteiger partial charge >= 0.3 is 0 Å². The third-order valence-electron chi connectivity index (χ3n) is 5.79. The summed E-state index contributed by atoms with van der Waals surface area (Å²) in [6.07, 6.45) is 1.76. The molecule has 0 unspecified atom stereocenters. The Hall–Kier alpha value is -2.29. The van der Waals surface area contributed by atoms with Gasteiger partial charge in [0.25, 0.3) is 0 Å². The van der Waals surface area contributed by atoms with Gasteiger partial charge in [-0.05, 0) is 72.6 Å². The van der Waals surface area contributed by atoms with Crippen molar-refractivity contribution in [2.45, 2.75) is 59.3 Å². The molecule has 0 atom stereocenters. The summed E-state index contributed by atoms with van der Waals surface area (Å²) in [5.41, 5.74) is 4.56. The molecule has 0 radical (unpaired) electrons. The molecule has 0 heterocycles. The van der Waals surface area contributed by atoms with E-state index in [4.69, 9.17) is 0 Å². The van der Waals surface area contributed by atoms with E-state index in [1.165, 1.54) is 23.3 Å². The first-order valence-electron chi connectivity index (χ1n) is 9.64. The summed E-state index contributed by atoms with van der Waals surface area (Å²) < 4.78 is 13.1. The summed E-state index contributed by atoms with van der Waals surface area (Å²) in [6.45, 7) is 8.45. The minimum atomic E-state index is -0.828. The Kier molecular flexibility index (Phi) is 5.32. The van der Waals surface area contributed by atoms with Gasteiger partial charge in [0.2, 0.25) is 0 Å². The predicted molar refractivity (Wildman–Crippen MR) is 105 cm³/mol. The van der Waals surface area contributed by atoms with Gasteiger partial charge in [0.05, 0.1) is 5.41 Å². The zero-order valence-corrected chi connectivity index (χ0v) is 16.6. The molecule has 2 nitrogen and oxygen atoms in total. The van der Waals surface area contributed by atoms with E-state index in [2.05, 4.69) is 32.9 Å². The number of rotatable bonds is 7. The van der Waals surface area contributed by atoms with E-state index in [1.807, 2.05) is 6.92 Å². The van der Waals surface area contributed by atoms with E-state index in [0.717, 1.165) is 16.7 Å². The standard InChI is InChI=1S/C24H27FO2/c1-15(2)21-12-16(3)19(11-17(21)4)14-23(27)24(9-10-24)22(26)13-18-5-7-20(25)8-6-18/h5-8,11-12,15H,9-10,13-14H2,1-4H3. The van der Waals surface area contributed by atoms with Gasteiger partial charge in [-0.2, -0.15) is 0 Å². The Morgan fingerprint density at radius 3 is 2.11 bits per heavy atom. The first kappa shape index (κ1) is 19.5. The van der Waals surface area contributed by atoms with Crippen LogP contribution in [0.5, 0.6) is 0 Å². The fourth-order valence-corrected chi connectivity index (χ4v) is 3.85. The molecule has 0 saturated heterocycles. The molecular weight excluding hydrogens is 339 g/mol. The molecule has 142 valence electrons. The molecule has 0 spiro atoms. The largest absolute Gasteiger partial charge is 0.298 e. The fraction of sp³-hybridized carbons (Fsp3) is 0.417. The van der Waals surface area contributed by atoms with Crippen molar-refractivity contribution in [3.05, 3.63) is 70.0 Å². The SMILES string of the molecule is Cc1cc(C(C)C)c(C)cc1CC(=O)C1(C(=O)Cc2ccc(F)cc2)CC1. The Morgan fingerprint density at radius 2 is 1.56 bits per heavy atom. The van der Waals surface area contributed by atoms with Crippen LogP contribution >= 0.6 is 0 Å². The first-order valence-corrected chi connectivity index (χ1v) is 9.64. The third-order valence-corrected chi connectivity index (χ3v) is 5.79. The first-order chi connectivity index (χ1) is 12.7. The predicted octanol–water partition coefficient (Wildman–Crippen LogP) is 5.27. The number of Topliss-reactive ketones (excluding diaryl/α,β-unsaturated/α-hetero) is 2. The van der Waals surface area contributed by atoms with Crippen LogP contribution in [0.3, 0.4) is 0 Å². The normalized spacial score (nSPS) is 15.0. The fourth-order valence-electron chi connectivity index (χ4n) is 3.85. The van der Waals surface area contributed by atoms with Crippen molar-refractivity contribution in [3.63, 3.8) is 0 Å². The number of ketones is 2. The van der Waals surface area contributed by atoms with E-state index in [1.54, 1.807) is 12.1 Å². The average molecular weight is 366 g/mol. The average Bonchev–Trinajstić information content (AvgIpc) is 3.41. The summed E-state index contributed by atoms with van der Waals surface area (Å²) in [5.74, 6) is 0.112. The van der Waals surface area contributed by atoms with E-state index < -0.39 is 5.41 Å². The Balaban J connectivity index is 1.74. The minimum Gasteiger partial charge on any atom is -0.298 e. The molecule has 3 heteroatoms. The molecule has 3 rings (SSSR count). The Morgan fingerprint density at radius 1 is 0.963 bits per heavy atom. The highest BCUT2D eigenvalue weighted by Crippen LogP contribution is 2.49. The van der Waals surface area contributed by atoms with Gasteiger partial charge in [0.1, 0.15) is 5.82 Å². The van der Waals surface area contributed by atoms with Crippen molar-refractivity contribution in [2.24, 2.45) is 5.41 Å². The van der Waals surface area contributed by atoms with Crippen LogP contribution in [-0.4, -0.2) is 11.6 Å². The van der Waals surface area contributed by atoms with Crippen molar-refractivity contribution in [1.82, 2.24) is 0 Å². The van der Waals surface area contributed by atoms with Crippen molar-refractivity contribution >= 4 is 11.6 Å². The van der Waals surface area contributed by atoms with Gasteiger partial charge in [-0.1, -0.05) is 38.1 Å². The molecule has 1 aliphatic rings. The zero-order chi connectivity index (χ0) is 19.8. The number of aryl methyl sites for hydroxylation is 2. The minimum absolute atomic E-state index is 0.0226. The van der Waals surface area contributed by atoms with Gasteiger partial charge in [-0.3, -0.25) is 9.59 Å². The van der Waals surface area contributed by atoms with Crippen LogP contribution in [0, 0.1) is 25.1 Å². The number of hydrogen-bond donors (Lipinski definition) is 0. The van der Waals surface area contributed by atoms with Crippen molar-refractivity contribution < 1.29 is 14.0 Å². The van der Waals surface area contributed by atoms with Crippen LogP contribution in [0.4, 0.5) is 4.39 Å². The van der Waals surface area contributed by atoms with E-state index in [0.29, 0.717) is 25.2 Å². The van der Waals surface area contributed by atoms with Crippen molar-refractivity contribution in [1.29, 1.82) is 0 Å². The van der Waals surface area contributed by atoms with Crippen molar-refractivity contribution in [2.75, 3.05) is 0 Å². The number of benzene rings is 2. The number of halogens is 1. The van der Waals surface area contributed by atoms with Crippen LogP contribution in [0.1, 0.15) is 60.4 Å². The molecule has 0 bridgehead atoms. The van der Waals surface area contributed by atoms with Crippen LogP contribution in [0.25, 0.3) is 0 Å². The molecule has 0 amide bonds. The molecule has 1 fully saturated rings. The summed E-state index contributed by atoms with van der Waals surface area (Å²) in [6, 6.07) is 10.2. The van der Waals surface area contributed by atoms with E-state index >= 15 is 0 Å². The van der Waals surface area contributed by atoms with E-state index in [-0.39, 0.29) is 23.8 Å². The number of hydrogen-bond acceptors (Lipinski definition) is 2. The second-order valence-corrected chi connectivity index (χ2v) is 8.20. The maximum Gasteiger partial charge on any atom is 0.150 e. The second kappa shape index (κ2) is 7.38. The van der Waals surface area contributed by atoms with Gasteiger partial charge in [-0.25, -0.2) is 4.39 Å². The van der Waals surface area contributed by atoms with Crippen LogP contribution in [0.2, 0.25) is 0 Å². The lowest BCUT2D eigenvalue weighted by Crippen LogP contribution is -2.29.